The van der Waals surface area contributed by atoms with Gasteiger partial charge in [0.1, 0.15) is 5.52 Å². The van der Waals surface area contributed by atoms with E-state index in [2.05, 4.69) is 10.3 Å². The van der Waals surface area contributed by atoms with E-state index in [4.69, 9.17) is 9.52 Å². The van der Waals surface area contributed by atoms with Gasteiger partial charge in [-0.05, 0) is 24.3 Å². The summed E-state index contributed by atoms with van der Waals surface area (Å²) in [4.78, 5) is 14.8. The molecule has 1 aromatic heterocycles. The van der Waals surface area contributed by atoms with Crippen LogP contribution in [0, 0.1) is 0 Å². The maximum Gasteiger partial charge on any atom is 0.392 e. The Balaban J connectivity index is 2.06. The molecule has 0 aliphatic rings. The summed E-state index contributed by atoms with van der Waals surface area (Å²) in [5.41, 5.74) is 2.55. The van der Waals surface area contributed by atoms with Gasteiger partial charge >= 0.3 is 11.9 Å². The fourth-order valence-electron chi connectivity index (χ4n) is 1.82. The van der Waals surface area contributed by atoms with E-state index in [0.29, 0.717) is 16.8 Å². The number of carbonyl (C=O) groups is 1. The first-order valence-electron chi connectivity index (χ1n) is 5.69. The Bertz CT molecular complexity index is 735. The number of fused-ring (bicyclic) bond motifs is 1. The molecule has 0 fully saturated rings. The quantitative estimate of drug-likeness (QED) is 0.750. The summed E-state index contributed by atoms with van der Waals surface area (Å²) in [6, 6.07) is 14.9. The van der Waals surface area contributed by atoms with E-state index in [1.807, 2.05) is 36.4 Å². The van der Waals surface area contributed by atoms with Crippen LogP contribution in [0.25, 0.3) is 11.1 Å². The lowest BCUT2D eigenvalue weighted by molar-refractivity contribution is 0.0656. The number of nitrogens with zero attached hydrogens (tertiary/aromatic N) is 1. The molecule has 0 radical (unpaired) electrons. The number of carboxylic acid groups (broad SMARTS) is 1. The molecular formula is C14H10N2O3. The molecule has 19 heavy (non-hydrogen) atoms. The molecule has 0 saturated heterocycles. The van der Waals surface area contributed by atoms with Gasteiger partial charge in [0.05, 0.1) is 5.69 Å². The van der Waals surface area contributed by atoms with Gasteiger partial charge in [0.15, 0.2) is 5.58 Å². The van der Waals surface area contributed by atoms with Gasteiger partial charge in [-0.25, -0.2) is 9.78 Å². The minimum atomic E-state index is -1.18. The molecule has 0 bridgehead atoms. The molecule has 1 heterocycles. The maximum atomic E-state index is 10.9. The van der Waals surface area contributed by atoms with Crippen molar-refractivity contribution in [2.75, 3.05) is 5.32 Å². The lowest BCUT2D eigenvalue weighted by atomic mass is 10.2. The van der Waals surface area contributed by atoms with Gasteiger partial charge in [0.2, 0.25) is 0 Å². The third-order valence-corrected chi connectivity index (χ3v) is 2.65. The zero-order chi connectivity index (χ0) is 13.2. The summed E-state index contributed by atoms with van der Waals surface area (Å²) < 4.78 is 5.16. The minimum Gasteiger partial charge on any atom is -0.474 e. The first kappa shape index (κ1) is 11.3. The van der Waals surface area contributed by atoms with Crippen LogP contribution < -0.4 is 5.32 Å². The number of nitrogens with one attached hydrogen (secondary N) is 1. The molecule has 0 spiro atoms. The van der Waals surface area contributed by atoms with Gasteiger partial charge in [0.25, 0.3) is 0 Å². The second-order valence-electron chi connectivity index (χ2n) is 3.97. The van der Waals surface area contributed by atoms with Crippen molar-refractivity contribution in [2.24, 2.45) is 0 Å². The highest BCUT2D eigenvalue weighted by Gasteiger charge is 2.14. The van der Waals surface area contributed by atoms with Crippen LogP contribution in [0.2, 0.25) is 0 Å². The van der Waals surface area contributed by atoms with E-state index < -0.39 is 5.97 Å². The van der Waals surface area contributed by atoms with Gasteiger partial charge in [-0.2, -0.15) is 0 Å². The monoisotopic (exact) mass is 254 g/mol. The van der Waals surface area contributed by atoms with Crippen molar-refractivity contribution in [3.8, 4) is 0 Å². The third kappa shape index (κ3) is 2.13. The third-order valence-electron chi connectivity index (χ3n) is 2.65. The molecule has 0 saturated carbocycles. The SMILES string of the molecule is O=C(O)c1nc2c(Nc3ccccc3)cccc2o1. The highest BCUT2D eigenvalue weighted by Crippen LogP contribution is 2.26. The summed E-state index contributed by atoms with van der Waals surface area (Å²) in [7, 11) is 0. The first-order valence-corrected chi connectivity index (χ1v) is 5.69. The number of carboxylic acids is 1. The van der Waals surface area contributed by atoms with Gasteiger partial charge < -0.3 is 14.8 Å². The number of aromatic carboxylic acids is 1. The van der Waals surface area contributed by atoms with Crippen LogP contribution >= 0.6 is 0 Å². The average Bonchev–Trinajstić information content (AvgIpc) is 2.85. The number of para-hydroxylation sites is 2. The van der Waals surface area contributed by atoms with Crippen molar-refractivity contribution >= 4 is 28.4 Å². The van der Waals surface area contributed by atoms with E-state index >= 15 is 0 Å². The van der Waals surface area contributed by atoms with Crippen LogP contribution in [-0.4, -0.2) is 16.1 Å². The summed E-state index contributed by atoms with van der Waals surface area (Å²) >= 11 is 0. The number of benzene rings is 2. The molecule has 0 atom stereocenters. The van der Waals surface area contributed by atoms with Crippen LogP contribution in [0.3, 0.4) is 0 Å². The number of rotatable bonds is 3. The fraction of sp³-hybridized carbons (Fsp3) is 0. The number of aromatic nitrogens is 1. The van der Waals surface area contributed by atoms with Crippen LogP contribution in [0.1, 0.15) is 10.7 Å². The molecule has 0 aliphatic heterocycles. The normalized spacial score (nSPS) is 10.5. The molecule has 0 aliphatic carbocycles. The van der Waals surface area contributed by atoms with Gasteiger partial charge in [-0.15, -0.1) is 0 Å². The Hall–Kier alpha value is -2.82. The number of oxazole rings is 1. The van der Waals surface area contributed by atoms with Gasteiger partial charge in [-0.1, -0.05) is 24.3 Å². The summed E-state index contributed by atoms with van der Waals surface area (Å²) in [6.07, 6.45) is 0. The Kier molecular flexibility index (Phi) is 2.64. The van der Waals surface area contributed by atoms with E-state index in [9.17, 15) is 4.79 Å². The van der Waals surface area contributed by atoms with Crippen LogP contribution in [0.4, 0.5) is 11.4 Å². The molecular weight excluding hydrogens is 244 g/mol. The van der Waals surface area contributed by atoms with Gasteiger partial charge in [-0.3, -0.25) is 0 Å². The maximum absolute atomic E-state index is 10.9. The topological polar surface area (TPSA) is 75.4 Å². The van der Waals surface area contributed by atoms with Crippen molar-refractivity contribution in [3.63, 3.8) is 0 Å². The highest BCUT2D eigenvalue weighted by atomic mass is 16.4. The van der Waals surface area contributed by atoms with E-state index in [1.54, 1.807) is 12.1 Å². The zero-order valence-electron chi connectivity index (χ0n) is 9.83. The molecule has 3 aromatic rings. The van der Waals surface area contributed by atoms with Crippen molar-refractivity contribution in [1.29, 1.82) is 0 Å². The Morgan fingerprint density at radius 3 is 2.63 bits per heavy atom. The molecule has 5 heteroatoms. The summed E-state index contributed by atoms with van der Waals surface area (Å²) in [5, 5.41) is 12.1. The van der Waals surface area contributed by atoms with Gasteiger partial charge in [0, 0.05) is 5.69 Å². The molecule has 3 rings (SSSR count). The molecule has 94 valence electrons. The average molecular weight is 254 g/mol. The minimum absolute atomic E-state index is 0.308. The van der Waals surface area contributed by atoms with Crippen molar-refractivity contribution in [3.05, 3.63) is 54.4 Å². The number of hydrogen-bond acceptors (Lipinski definition) is 4. The summed E-state index contributed by atoms with van der Waals surface area (Å²) in [5.74, 6) is -1.49. The van der Waals surface area contributed by atoms with E-state index in [0.717, 1.165) is 5.69 Å². The Morgan fingerprint density at radius 1 is 1.11 bits per heavy atom. The van der Waals surface area contributed by atoms with E-state index in [-0.39, 0.29) is 5.89 Å². The molecule has 0 amide bonds. The van der Waals surface area contributed by atoms with Crippen LogP contribution in [-0.2, 0) is 0 Å². The zero-order valence-corrected chi connectivity index (χ0v) is 9.83. The second kappa shape index (κ2) is 4.45. The highest BCUT2D eigenvalue weighted by molar-refractivity contribution is 5.93. The predicted octanol–water partition coefficient (Wildman–Crippen LogP) is 3.27. The second-order valence-corrected chi connectivity index (χ2v) is 3.97. The molecule has 5 nitrogen and oxygen atoms in total. The van der Waals surface area contributed by atoms with Crippen LogP contribution in [0.15, 0.2) is 52.9 Å². The fourth-order valence-corrected chi connectivity index (χ4v) is 1.82. The molecule has 2 aromatic carbocycles. The Morgan fingerprint density at radius 2 is 1.89 bits per heavy atom. The lowest BCUT2D eigenvalue weighted by Gasteiger charge is -2.05. The van der Waals surface area contributed by atoms with E-state index in [1.165, 1.54) is 0 Å². The number of anilines is 2. The summed E-state index contributed by atoms with van der Waals surface area (Å²) in [6.45, 7) is 0. The lowest BCUT2D eigenvalue weighted by Crippen LogP contribution is -1.95. The Labute approximate surface area is 108 Å². The molecule has 0 unspecified atom stereocenters. The van der Waals surface area contributed by atoms with Crippen molar-refractivity contribution < 1.29 is 14.3 Å². The standard InChI is InChI=1S/C14H10N2O3/c17-14(18)13-16-12-10(7-4-8-11(12)19-13)15-9-5-2-1-3-6-9/h1-8,15H,(H,17,18). The number of hydrogen-bond donors (Lipinski definition) is 2. The largest absolute Gasteiger partial charge is 0.474 e. The predicted molar refractivity (Wildman–Crippen MR) is 70.7 cm³/mol. The van der Waals surface area contributed by atoms with Crippen molar-refractivity contribution in [1.82, 2.24) is 4.98 Å². The first-order chi connectivity index (χ1) is 9.24. The van der Waals surface area contributed by atoms with Crippen molar-refractivity contribution in [2.45, 2.75) is 0 Å². The molecule has 2 N–H and O–H groups in total. The smallest absolute Gasteiger partial charge is 0.392 e. The van der Waals surface area contributed by atoms with Crippen LogP contribution in [0.5, 0.6) is 0 Å².